The van der Waals surface area contributed by atoms with E-state index in [1.807, 2.05) is 0 Å². The fourth-order valence-electron chi connectivity index (χ4n) is 1.65. The Balaban J connectivity index is 2.64. The SMILES string of the molecule is O=C(O)c1c(-c2cccc(C(F)(F)F)c2)cnnc1Cl. The lowest BCUT2D eigenvalue weighted by molar-refractivity contribution is -0.137. The van der Waals surface area contributed by atoms with Crippen molar-refractivity contribution >= 4 is 17.6 Å². The summed E-state index contributed by atoms with van der Waals surface area (Å²) in [6, 6.07) is 4.24. The number of nitrogens with zero attached hydrogens (tertiary/aromatic N) is 2. The molecular formula is C12H6ClF3N2O2. The van der Waals surface area contributed by atoms with Crippen LogP contribution in [-0.2, 0) is 6.18 Å². The lowest BCUT2D eigenvalue weighted by Gasteiger charge is -2.10. The average molecular weight is 303 g/mol. The largest absolute Gasteiger partial charge is 0.478 e. The van der Waals surface area contributed by atoms with Gasteiger partial charge in [-0.1, -0.05) is 23.7 Å². The first-order valence-corrected chi connectivity index (χ1v) is 5.60. The molecule has 2 rings (SSSR count). The van der Waals surface area contributed by atoms with Gasteiger partial charge < -0.3 is 5.11 Å². The molecule has 0 aliphatic heterocycles. The van der Waals surface area contributed by atoms with Crippen LogP contribution in [0.4, 0.5) is 13.2 Å². The number of rotatable bonds is 2. The molecule has 0 fully saturated rings. The van der Waals surface area contributed by atoms with Crippen LogP contribution < -0.4 is 0 Å². The molecule has 0 aliphatic carbocycles. The molecule has 0 spiro atoms. The second-order valence-corrected chi connectivity index (χ2v) is 4.17. The molecule has 20 heavy (non-hydrogen) atoms. The van der Waals surface area contributed by atoms with Crippen LogP contribution in [0.25, 0.3) is 11.1 Å². The first kappa shape index (κ1) is 14.3. The summed E-state index contributed by atoms with van der Waals surface area (Å²) in [5.74, 6) is -1.39. The number of aromatic carboxylic acids is 1. The number of alkyl halides is 3. The van der Waals surface area contributed by atoms with E-state index in [0.29, 0.717) is 0 Å². The molecule has 0 atom stereocenters. The van der Waals surface area contributed by atoms with Crippen LogP contribution in [0.1, 0.15) is 15.9 Å². The Morgan fingerprint density at radius 1 is 1.30 bits per heavy atom. The number of benzene rings is 1. The molecule has 0 radical (unpaired) electrons. The molecule has 1 aromatic heterocycles. The number of hydrogen-bond donors (Lipinski definition) is 1. The van der Waals surface area contributed by atoms with Gasteiger partial charge in [0.15, 0.2) is 5.15 Å². The summed E-state index contributed by atoms with van der Waals surface area (Å²) in [6.07, 6.45) is -3.46. The number of halogens is 4. The van der Waals surface area contributed by atoms with Gasteiger partial charge in [0.1, 0.15) is 5.56 Å². The van der Waals surface area contributed by atoms with Crippen LogP contribution in [0.2, 0.25) is 5.15 Å². The second kappa shape index (κ2) is 5.09. The van der Waals surface area contributed by atoms with Crippen molar-refractivity contribution in [3.05, 3.63) is 46.7 Å². The molecule has 104 valence electrons. The average Bonchev–Trinajstić information content (AvgIpc) is 2.37. The Labute approximate surface area is 115 Å². The Bertz CT molecular complexity index is 674. The highest BCUT2D eigenvalue weighted by molar-refractivity contribution is 6.33. The quantitative estimate of drug-likeness (QED) is 0.922. The Hall–Kier alpha value is -2.15. The van der Waals surface area contributed by atoms with E-state index >= 15 is 0 Å². The van der Waals surface area contributed by atoms with Crippen LogP contribution in [0.5, 0.6) is 0 Å². The zero-order valence-corrected chi connectivity index (χ0v) is 10.4. The smallest absolute Gasteiger partial charge is 0.416 e. The third-order valence-corrected chi connectivity index (χ3v) is 2.79. The summed E-state index contributed by atoms with van der Waals surface area (Å²) in [6.45, 7) is 0. The van der Waals surface area contributed by atoms with Crippen molar-refractivity contribution in [2.45, 2.75) is 6.18 Å². The number of hydrogen-bond acceptors (Lipinski definition) is 3. The molecule has 0 saturated carbocycles. The Morgan fingerprint density at radius 2 is 2.00 bits per heavy atom. The van der Waals surface area contributed by atoms with Gasteiger partial charge in [-0.25, -0.2) is 4.79 Å². The molecule has 0 saturated heterocycles. The van der Waals surface area contributed by atoms with Crippen LogP contribution in [0, 0.1) is 0 Å². The van der Waals surface area contributed by atoms with Crippen molar-refractivity contribution in [3.8, 4) is 11.1 Å². The van der Waals surface area contributed by atoms with Crippen LogP contribution in [0.3, 0.4) is 0 Å². The predicted molar refractivity (Wildman–Crippen MR) is 64.4 cm³/mol. The van der Waals surface area contributed by atoms with Gasteiger partial charge in [-0.15, -0.1) is 5.10 Å². The van der Waals surface area contributed by atoms with Gasteiger partial charge in [0.2, 0.25) is 0 Å². The first-order chi connectivity index (χ1) is 9.30. The third kappa shape index (κ3) is 2.72. The lowest BCUT2D eigenvalue weighted by atomic mass is 10.0. The van der Waals surface area contributed by atoms with E-state index in [4.69, 9.17) is 16.7 Å². The normalized spacial score (nSPS) is 11.4. The van der Waals surface area contributed by atoms with E-state index in [9.17, 15) is 18.0 Å². The maximum Gasteiger partial charge on any atom is 0.416 e. The molecule has 0 amide bonds. The van der Waals surface area contributed by atoms with Crippen LogP contribution >= 0.6 is 11.6 Å². The second-order valence-electron chi connectivity index (χ2n) is 3.81. The Kier molecular flexibility index (Phi) is 3.63. The zero-order valence-electron chi connectivity index (χ0n) is 9.65. The van der Waals surface area contributed by atoms with E-state index in [2.05, 4.69) is 10.2 Å². The minimum absolute atomic E-state index is 0.0244. The van der Waals surface area contributed by atoms with Gasteiger partial charge in [-0.2, -0.15) is 18.3 Å². The molecule has 2 aromatic rings. The van der Waals surface area contributed by atoms with Crippen molar-refractivity contribution in [3.63, 3.8) is 0 Å². The van der Waals surface area contributed by atoms with Crippen molar-refractivity contribution in [2.24, 2.45) is 0 Å². The molecule has 0 bridgehead atoms. The van der Waals surface area contributed by atoms with Gasteiger partial charge in [0.25, 0.3) is 0 Å². The molecular weight excluding hydrogens is 297 g/mol. The van der Waals surface area contributed by atoms with Crippen LogP contribution in [-0.4, -0.2) is 21.3 Å². The molecule has 1 N–H and O–H groups in total. The van der Waals surface area contributed by atoms with Gasteiger partial charge in [0, 0.05) is 5.56 Å². The molecule has 1 heterocycles. The number of carbonyl (C=O) groups is 1. The standard InChI is InChI=1S/C12H6ClF3N2O2/c13-10-9(11(19)20)8(5-17-18-10)6-2-1-3-7(4-6)12(14,15)16/h1-5H,(H,19,20). The highest BCUT2D eigenvalue weighted by Crippen LogP contribution is 2.33. The Morgan fingerprint density at radius 3 is 2.60 bits per heavy atom. The topological polar surface area (TPSA) is 63.1 Å². The van der Waals surface area contributed by atoms with E-state index in [0.717, 1.165) is 18.3 Å². The van der Waals surface area contributed by atoms with Crippen molar-refractivity contribution in [2.75, 3.05) is 0 Å². The zero-order chi connectivity index (χ0) is 14.9. The van der Waals surface area contributed by atoms with E-state index in [-0.39, 0.29) is 21.8 Å². The summed E-state index contributed by atoms with van der Waals surface area (Å²) < 4.78 is 38.0. The highest BCUT2D eigenvalue weighted by Gasteiger charge is 2.31. The third-order valence-electron chi connectivity index (χ3n) is 2.52. The fourth-order valence-corrected chi connectivity index (χ4v) is 1.87. The summed E-state index contributed by atoms with van der Waals surface area (Å²) >= 11 is 5.63. The van der Waals surface area contributed by atoms with Gasteiger partial charge in [-0.05, 0) is 17.7 Å². The van der Waals surface area contributed by atoms with Crippen molar-refractivity contribution < 1.29 is 23.1 Å². The monoisotopic (exact) mass is 302 g/mol. The first-order valence-electron chi connectivity index (χ1n) is 5.23. The molecule has 0 aliphatic rings. The summed E-state index contributed by atoms with van der Waals surface area (Å²) in [4.78, 5) is 11.1. The lowest BCUT2D eigenvalue weighted by Crippen LogP contribution is -2.06. The van der Waals surface area contributed by atoms with E-state index in [1.54, 1.807) is 0 Å². The molecule has 0 unspecified atom stereocenters. The summed E-state index contributed by atoms with van der Waals surface area (Å²) in [5.41, 5.74) is -1.25. The molecule has 8 heteroatoms. The van der Waals surface area contributed by atoms with Gasteiger partial charge >= 0.3 is 12.1 Å². The summed E-state index contributed by atoms with van der Waals surface area (Å²) in [5, 5.41) is 15.5. The van der Waals surface area contributed by atoms with Crippen LogP contribution in [0.15, 0.2) is 30.5 Å². The molecule has 4 nitrogen and oxygen atoms in total. The maximum absolute atomic E-state index is 12.7. The fraction of sp³-hybridized carbons (Fsp3) is 0.0833. The summed E-state index contributed by atoms with van der Waals surface area (Å²) in [7, 11) is 0. The number of aromatic nitrogens is 2. The maximum atomic E-state index is 12.7. The number of carboxylic acids is 1. The van der Waals surface area contributed by atoms with Crippen molar-refractivity contribution in [1.82, 2.24) is 10.2 Å². The van der Waals surface area contributed by atoms with E-state index < -0.39 is 17.7 Å². The minimum Gasteiger partial charge on any atom is -0.478 e. The molecule has 1 aromatic carbocycles. The highest BCUT2D eigenvalue weighted by atomic mass is 35.5. The van der Waals surface area contributed by atoms with E-state index in [1.165, 1.54) is 12.1 Å². The van der Waals surface area contributed by atoms with Gasteiger partial charge in [-0.3, -0.25) is 0 Å². The minimum atomic E-state index is -4.52. The van der Waals surface area contributed by atoms with Gasteiger partial charge in [0.05, 0.1) is 11.8 Å². The number of carboxylic acid groups (broad SMARTS) is 1. The predicted octanol–water partition coefficient (Wildman–Crippen LogP) is 3.51. The van der Waals surface area contributed by atoms with Crippen molar-refractivity contribution in [1.29, 1.82) is 0 Å².